The van der Waals surface area contributed by atoms with Gasteiger partial charge in [0.15, 0.2) is 0 Å². The van der Waals surface area contributed by atoms with Crippen molar-refractivity contribution in [3.63, 3.8) is 0 Å². The quantitative estimate of drug-likeness (QED) is 0.611. The minimum absolute atomic E-state index is 0.0450. The number of aromatic nitrogens is 1. The Morgan fingerprint density at radius 3 is 2.81 bits per heavy atom. The van der Waals surface area contributed by atoms with Crippen LogP contribution in [-0.2, 0) is 4.74 Å². The predicted octanol–water partition coefficient (Wildman–Crippen LogP) is 4.31. The molecule has 1 atom stereocenters. The molecule has 21 heavy (non-hydrogen) atoms. The third-order valence-corrected chi connectivity index (χ3v) is 3.22. The summed E-state index contributed by atoms with van der Waals surface area (Å²) in [6.07, 6.45) is 6.90. The minimum atomic E-state index is -0.119. The number of rotatable bonds is 4. The summed E-state index contributed by atoms with van der Waals surface area (Å²) in [5, 5.41) is 0. The van der Waals surface area contributed by atoms with Crippen molar-refractivity contribution in [2.45, 2.75) is 51.7 Å². The zero-order chi connectivity index (χ0) is 15.3. The van der Waals surface area contributed by atoms with Gasteiger partial charge in [-0.15, -0.1) is 0 Å². The lowest BCUT2D eigenvalue weighted by Gasteiger charge is -2.25. The second-order valence-corrected chi connectivity index (χ2v) is 6.24. The van der Waals surface area contributed by atoms with Crippen LogP contribution in [0, 0.1) is 6.57 Å². The van der Waals surface area contributed by atoms with Crippen molar-refractivity contribution in [1.29, 1.82) is 0 Å². The van der Waals surface area contributed by atoms with Crippen molar-refractivity contribution < 1.29 is 9.47 Å². The predicted molar refractivity (Wildman–Crippen MR) is 82.6 cm³/mol. The van der Waals surface area contributed by atoms with E-state index in [-0.39, 0.29) is 11.7 Å². The molecule has 0 saturated heterocycles. The first kappa shape index (κ1) is 15.5. The Morgan fingerprint density at radius 2 is 2.19 bits per heavy atom. The van der Waals surface area contributed by atoms with E-state index < -0.39 is 0 Å². The molecule has 0 N–H and O–H groups in total. The van der Waals surface area contributed by atoms with Gasteiger partial charge in [0.05, 0.1) is 18.8 Å². The molecular formula is C17H22N2O2. The highest BCUT2D eigenvalue weighted by molar-refractivity contribution is 5.42. The van der Waals surface area contributed by atoms with Crippen molar-refractivity contribution in [3.05, 3.63) is 41.4 Å². The molecule has 0 spiro atoms. The maximum Gasteiger partial charge on any atom is 0.211 e. The molecule has 1 heterocycles. The lowest BCUT2D eigenvalue weighted by molar-refractivity contribution is 0.00889. The normalized spacial score (nSPS) is 18.8. The first-order valence-corrected chi connectivity index (χ1v) is 7.30. The van der Waals surface area contributed by atoms with Crippen LogP contribution in [0.2, 0.25) is 0 Å². The number of pyridine rings is 1. The summed E-state index contributed by atoms with van der Waals surface area (Å²) >= 11 is 0. The average Bonchev–Trinajstić information content (AvgIpc) is 2.46. The fourth-order valence-electron chi connectivity index (χ4n) is 2.15. The van der Waals surface area contributed by atoms with Crippen LogP contribution in [-0.4, -0.2) is 23.3 Å². The second-order valence-electron chi connectivity index (χ2n) is 6.24. The number of hydrogen-bond donors (Lipinski definition) is 0. The van der Waals surface area contributed by atoms with E-state index >= 15 is 0 Å². The molecule has 0 radical (unpaired) electrons. The van der Waals surface area contributed by atoms with E-state index in [2.05, 4.69) is 36.7 Å². The van der Waals surface area contributed by atoms with Crippen LogP contribution in [0.1, 0.15) is 40.0 Å². The van der Waals surface area contributed by atoms with Crippen molar-refractivity contribution in [2.75, 3.05) is 6.61 Å². The topological polar surface area (TPSA) is 35.7 Å². The summed E-state index contributed by atoms with van der Waals surface area (Å²) < 4.78 is 11.7. The van der Waals surface area contributed by atoms with Crippen molar-refractivity contribution in [1.82, 2.24) is 4.98 Å². The van der Waals surface area contributed by atoms with Gasteiger partial charge in [0, 0.05) is 6.20 Å². The van der Waals surface area contributed by atoms with Gasteiger partial charge in [-0.25, -0.2) is 9.83 Å². The van der Waals surface area contributed by atoms with Gasteiger partial charge in [0.2, 0.25) is 11.6 Å². The molecule has 0 saturated carbocycles. The van der Waals surface area contributed by atoms with Gasteiger partial charge in [-0.1, -0.05) is 0 Å². The second kappa shape index (κ2) is 6.73. The van der Waals surface area contributed by atoms with Crippen LogP contribution in [0.5, 0.6) is 5.88 Å². The first-order chi connectivity index (χ1) is 9.96. The Balaban J connectivity index is 1.94. The van der Waals surface area contributed by atoms with Crippen LogP contribution in [0.25, 0.3) is 4.85 Å². The Labute approximate surface area is 126 Å². The van der Waals surface area contributed by atoms with E-state index in [0.29, 0.717) is 18.2 Å². The van der Waals surface area contributed by atoms with Crippen LogP contribution < -0.4 is 4.74 Å². The van der Waals surface area contributed by atoms with E-state index in [1.54, 1.807) is 18.3 Å². The molecule has 0 fully saturated rings. The maximum absolute atomic E-state index is 6.91. The summed E-state index contributed by atoms with van der Waals surface area (Å²) in [4.78, 5) is 7.48. The van der Waals surface area contributed by atoms with Gasteiger partial charge in [0.1, 0.15) is 6.10 Å². The first-order valence-electron chi connectivity index (χ1n) is 7.30. The van der Waals surface area contributed by atoms with Crippen LogP contribution in [0.4, 0.5) is 5.69 Å². The highest BCUT2D eigenvalue weighted by Gasteiger charge is 2.18. The Kier molecular flexibility index (Phi) is 4.98. The molecule has 0 aliphatic heterocycles. The molecule has 0 aromatic carbocycles. The summed E-state index contributed by atoms with van der Waals surface area (Å²) in [6.45, 7) is 13.8. The monoisotopic (exact) mass is 286 g/mol. The lowest BCUT2D eigenvalue weighted by atomic mass is 9.97. The molecule has 0 bridgehead atoms. The third-order valence-electron chi connectivity index (χ3n) is 3.22. The molecule has 4 heteroatoms. The average molecular weight is 286 g/mol. The van der Waals surface area contributed by atoms with E-state index in [1.807, 2.05) is 0 Å². The Morgan fingerprint density at radius 1 is 1.38 bits per heavy atom. The number of ether oxygens (including phenoxy) is 2. The van der Waals surface area contributed by atoms with Gasteiger partial charge < -0.3 is 9.47 Å². The highest BCUT2D eigenvalue weighted by Crippen LogP contribution is 2.24. The van der Waals surface area contributed by atoms with E-state index in [1.165, 1.54) is 5.57 Å². The molecule has 1 unspecified atom stereocenters. The molecule has 4 nitrogen and oxygen atoms in total. The largest absolute Gasteiger partial charge is 0.470 e. The molecule has 1 aromatic heterocycles. The highest BCUT2D eigenvalue weighted by atomic mass is 16.5. The molecule has 1 aromatic rings. The van der Waals surface area contributed by atoms with E-state index in [0.717, 1.165) is 19.3 Å². The standard InChI is InChI=1S/C17H22N2O2/c1-17(2,3)20-12-13-6-5-7-15(10-13)21-16-9-8-14(18-4)11-19-16/h8-11,15H,5-7,12H2,1-3H3. The number of hydrogen-bond acceptors (Lipinski definition) is 3. The van der Waals surface area contributed by atoms with E-state index in [9.17, 15) is 0 Å². The lowest BCUT2D eigenvalue weighted by Crippen LogP contribution is -2.24. The van der Waals surface area contributed by atoms with Crippen molar-refractivity contribution >= 4 is 5.69 Å². The molecule has 1 aliphatic carbocycles. The van der Waals surface area contributed by atoms with Crippen LogP contribution in [0.3, 0.4) is 0 Å². The smallest absolute Gasteiger partial charge is 0.211 e. The third kappa shape index (κ3) is 5.20. The van der Waals surface area contributed by atoms with Crippen LogP contribution >= 0.6 is 0 Å². The molecular weight excluding hydrogens is 264 g/mol. The summed E-state index contributed by atoms with van der Waals surface area (Å²) in [7, 11) is 0. The summed E-state index contributed by atoms with van der Waals surface area (Å²) in [5.74, 6) is 0.571. The van der Waals surface area contributed by atoms with Gasteiger partial charge >= 0.3 is 0 Å². The van der Waals surface area contributed by atoms with Crippen molar-refractivity contribution in [2.24, 2.45) is 0 Å². The Bertz CT molecular complexity index is 535. The minimum Gasteiger partial charge on any atom is -0.470 e. The maximum atomic E-state index is 6.91. The van der Waals surface area contributed by atoms with Crippen LogP contribution in [0.15, 0.2) is 30.0 Å². The fraction of sp³-hybridized carbons (Fsp3) is 0.529. The van der Waals surface area contributed by atoms with Gasteiger partial charge in [-0.3, -0.25) is 0 Å². The Hall–Kier alpha value is -1.86. The molecule has 0 amide bonds. The SMILES string of the molecule is [C-]#[N+]c1ccc(OC2C=C(COC(C)(C)C)CCC2)nc1. The van der Waals surface area contributed by atoms with Gasteiger partial charge in [-0.2, -0.15) is 0 Å². The molecule has 1 aliphatic rings. The molecule has 112 valence electrons. The number of nitrogens with zero attached hydrogens (tertiary/aromatic N) is 2. The zero-order valence-electron chi connectivity index (χ0n) is 12.9. The van der Waals surface area contributed by atoms with E-state index in [4.69, 9.17) is 16.0 Å². The fourth-order valence-corrected chi connectivity index (χ4v) is 2.15. The van der Waals surface area contributed by atoms with Gasteiger partial charge in [0.25, 0.3) is 0 Å². The van der Waals surface area contributed by atoms with Crippen molar-refractivity contribution in [3.8, 4) is 5.88 Å². The zero-order valence-corrected chi connectivity index (χ0v) is 12.9. The summed E-state index contributed by atoms with van der Waals surface area (Å²) in [5.41, 5.74) is 1.70. The van der Waals surface area contributed by atoms with Gasteiger partial charge in [-0.05, 0) is 63.8 Å². The molecule has 2 rings (SSSR count). The summed E-state index contributed by atoms with van der Waals surface area (Å²) in [6, 6.07) is 3.48.